The van der Waals surface area contributed by atoms with Gasteiger partial charge in [0.2, 0.25) is 6.04 Å². The molecule has 4 nitrogen and oxygen atoms in total. The van der Waals surface area contributed by atoms with Gasteiger partial charge in [0.1, 0.15) is 5.69 Å². The number of nitroso groups, excluding NO2 is 1. The normalized spacial score (nSPS) is 28.6. The second-order valence-electron chi connectivity index (χ2n) is 4.56. The Morgan fingerprint density at radius 3 is 2.88 bits per heavy atom. The van der Waals surface area contributed by atoms with Gasteiger partial charge in [-0.25, -0.2) is 0 Å². The highest BCUT2D eigenvalue weighted by Gasteiger charge is 2.44. The Morgan fingerprint density at radius 1 is 1.25 bits per heavy atom. The maximum atomic E-state index is 12.1. The molecule has 0 bridgehead atoms. The van der Waals surface area contributed by atoms with Crippen molar-refractivity contribution >= 4 is 11.4 Å². The van der Waals surface area contributed by atoms with E-state index in [2.05, 4.69) is 0 Å². The first-order valence-electron chi connectivity index (χ1n) is 5.81. The summed E-state index contributed by atoms with van der Waals surface area (Å²) in [5.74, 6) is 0. The molecule has 0 amide bonds. The van der Waals surface area contributed by atoms with Crippen molar-refractivity contribution in [1.82, 2.24) is 0 Å². The van der Waals surface area contributed by atoms with Crippen molar-refractivity contribution in [3.63, 3.8) is 0 Å². The van der Waals surface area contributed by atoms with Gasteiger partial charge in [0.25, 0.3) is 5.69 Å². The van der Waals surface area contributed by atoms with Crippen molar-refractivity contribution in [2.24, 2.45) is 0 Å². The van der Waals surface area contributed by atoms with Gasteiger partial charge in [-0.05, 0) is 18.9 Å². The van der Waals surface area contributed by atoms with Crippen molar-refractivity contribution in [3.8, 4) is 0 Å². The van der Waals surface area contributed by atoms with Crippen LogP contribution in [0.25, 0.3) is 0 Å². The van der Waals surface area contributed by atoms with Crippen LogP contribution in [-0.4, -0.2) is 16.8 Å². The third kappa shape index (κ3) is 1.26. The van der Waals surface area contributed by atoms with E-state index >= 15 is 0 Å². The molecule has 1 aliphatic carbocycles. The van der Waals surface area contributed by atoms with Crippen LogP contribution in [0.2, 0.25) is 0 Å². The fourth-order valence-corrected chi connectivity index (χ4v) is 2.83. The van der Waals surface area contributed by atoms with Gasteiger partial charge in [-0.2, -0.15) is 0 Å². The zero-order chi connectivity index (χ0) is 11.1. The molecule has 4 heteroatoms. The van der Waals surface area contributed by atoms with E-state index in [0.29, 0.717) is 11.4 Å². The van der Waals surface area contributed by atoms with Crippen LogP contribution in [-0.2, 0) is 0 Å². The van der Waals surface area contributed by atoms with E-state index in [1.165, 1.54) is 0 Å². The van der Waals surface area contributed by atoms with Gasteiger partial charge in [0.05, 0.1) is 6.04 Å². The molecule has 2 aliphatic rings. The highest BCUT2D eigenvalue weighted by Crippen LogP contribution is 2.40. The summed E-state index contributed by atoms with van der Waals surface area (Å²) in [5.41, 5.74) is 1.06. The number of para-hydroxylation sites is 2. The quantitative estimate of drug-likeness (QED) is 0.629. The molecular formula is C12H14N2O2. The van der Waals surface area contributed by atoms with Gasteiger partial charge in [-0.15, -0.1) is 0 Å². The predicted molar refractivity (Wildman–Crippen MR) is 61.6 cm³/mol. The Morgan fingerprint density at radius 2 is 2.00 bits per heavy atom. The molecule has 1 aliphatic heterocycles. The van der Waals surface area contributed by atoms with E-state index < -0.39 is 0 Å². The molecule has 1 aromatic carbocycles. The topological polar surface area (TPSA) is 46.4 Å². The Hall–Kier alpha value is -1.42. The maximum absolute atomic E-state index is 12.1. The van der Waals surface area contributed by atoms with Crippen molar-refractivity contribution in [2.75, 3.05) is 5.06 Å². The Kier molecular flexibility index (Phi) is 2.17. The molecule has 2 atom stereocenters. The van der Waals surface area contributed by atoms with E-state index in [9.17, 15) is 10.1 Å². The van der Waals surface area contributed by atoms with Gasteiger partial charge in [0, 0.05) is 22.2 Å². The number of rotatable bonds is 0. The number of fused-ring (bicyclic) bond motifs is 2. The molecule has 0 unspecified atom stereocenters. The van der Waals surface area contributed by atoms with E-state index in [1.807, 2.05) is 0 Å². The summed E-state index contributed by atoms with van der Waals surface area (Å²) in [4.78, 5) is 12.1. The third-order valence-corrected chi connectivity index (χ3v) is 3.65. The van der Waals surface area contributed by atoms with Crippen molar-refractivity contribution in [2.45, 2.75) is 37.8 Å². The minimum absolute atomic E-state index is 0.152. The number of hydroxylamine groups is 1. The molecule has 0 aromatic heterocycles. The fraction of sp³-hybridized carbons (Fsp3) is 0.500. The smallest absolute Gasteiger partial charge is 0.278 e. The van der Waals surface area contributed by atoms with E-state index in [0.717, 1.165) is 35.5 Å². The van der Waals surface area contributed by atoms with Crippen LogP contribution >= 0.6 is 0 Å². The summed E-state index contributed by atoms with van der Waals surface area (Å²) < 4.78 is 1.05. The zero-order valence-electron chi connectivity index (χ0n) is 9.00. The second kappa shape index (κ2) is 3.56. The molecule has 1 saturated carbocycles. The van der Waals surface area contributed by atoms with Crippen LogP contribution in [0.3, 0.4) is 0 Å². The molecule has 1 aromatic rings. The maximum Gasteiger partial charge on any atom is 0.278 e. The molecule has 16 heavy (non-hydrogen) atoms. The lowest BCUT2D eigenvalue weighted by atomic mass is 9.87. The summed E-state index contributed by atoms with van der Waals surface area (Å²) in [6.45, 7) is 0. The lowest BCUT2D eigenvalue weighted by Gasteiger charge is -2.44. The molecule has 1 fully saturated rings. The SMILES string of the molecule is O=[N+]1c2ccccc2N([O-])[C@@H]2CCCC[C@H]21. The Labute approximate surface area is 94.0 Å². The minimum atomic E-state index is -0.152. The Bertz CT molecular complexity index is 433. The first-order valence-corrected chi connectivity index (χ1v) is 5.81. The van der Waals surface area contributed by atoms with Crippen molar-refractivity contribution < 1.29 is 4.76 Å². The summed E-state index contributed by atoms with van der Waals surface area (Å²) in [7, 11) is 0. The highest BCUT2D eigenvalue weighted by molar-refractivity contribution is 5.65. The predicted octanol–water partition coefficient (Wildman–Crippen LogP) is 2.73. The van der Waals surface area contributed by atoms with E-state index in [4.69, 9.17) is 0 Å². The molecular weight excluding hydrogens is 204 g/mol. The molecule has 0 N–H and O–H groups in total. The van der Waals surface area contributed by atoms with Gasteiger partial charge in [-0.3, -0.25) is 0 Å². The first-order chi connectivity index (χ1) is 7.79. The van der Waals surface area contributed by atoms with E-state index in [1.54, 1.807) is 24.3 Å². The van der Waals surface area contributed by atoms with Crippen LogP contribution < -0.4 is 5.06 Å². The number of benzene rings is 1. The lowest BCUT2D eigenvalue weighted by Crippen LogP contribution is -2.50. The van der Waals surface area contributed by atoms with Crippen LogP contribution in [0.15, 0.2) is 24.3 Å². The molecule has 0 saturated heterocycles. The standard InChI is InChI=1S/C12H14N2O2/c15-13-9-5-1-2-6-10(9)14(16)12-8-4-3-7-11(12)13/h1-2,5-6,11-12H,3-4,7-8H2/t11-,12-/m1/s1. The van der Waals surface area contributed by atoms with Gasteiger partial charge < -0.3 is 10.3 Å². The summed E-state index contributed by atoms with van der Waals surface area (Å²) in [6, 6.07) is 6.78. The molecule has 3 rings (SSSR count). The average Bonchev–Trinajstić information content (AvgIpc) is 2.36. The molecule has 84 valence electrons. The number of hydrogen-bond donors (Lipinski definition) is 0. The first kappa shape index (κ1) is 9.78. The summed E-state index contributed by atoms with van der Waals surface area (Å²) in [5, 5.41) is 13.2. The average molecular weight is 218 g/mol. The largest absolute Gasteiger partial charge is 0.758 e. The van der Waals surface area contributed by atoms with Gasteiger partial charge >= 0.3 is 0 Å². The van der Waals surface area contributed by atoms with E-state index in [-0.39, 0.29) is 12.1 Å². The summed E-state index contributed by atoms with van der Waals surface area (Å²) in [6.07, 6.45) is 3.77. The van der Waals surface area contributed by atoms with Crippen LogP contribution in [0.4, 0.5) is 11.4 Å². The van der Waals surface area contributed by atoms with Crippen LogP contribution in [0, 0.1) is 10.1 Å². The second-order valence-corrected chi connectivity index (χ2v) is 4.56. The van der Waals surface area contributed by atoms with Crippen LogP contribution in [0.5, 0.6) is 0 Å². The summed E-state index contributed by atoms with van der Waals surface area (Å²) >= 11 is 0. The number of nitrogens with zero attached hydrogens (tertiary/aromatic N) is 2. The molecule has 0 spiro atoms. The lowest BCUT2D eigenvalue weighted by molar-refractivity contribution is -0.516. The monoisotopic (exact) mass is 218 g/mol. The van der Waals surface area contributed by atoms with Gasteiger partial charge in [-0.1, -0.05) is 18.6 Å². The molecule has 0 radical (unpaired) electrons. The van der Waals surface area contributed by atoms with Crippen molar-refractivity contribution in [3.05, 3.63) is 34.4 Å². The number of anilines is 1. The molecule has 1 heterocycles. The fourth-order valence-electron chi connectivity index (χ4n) is 2.83. The van der Waals surface area contributed by atoms with Crippen molar-refractivity contribution in [1.29, 1.82) is 0 Å². The third-order valence-electron chi connectivity index (χ3n) is 3.65. The minimum Gasteiger partial charge on any atom is -0.758 e. The zero-order valence-corrected chi connectivity index (χ0v) is 9.00. The Balaban J connectivity index is 2.09. The van der Waals surface area contributed by atoms with Gasteiger partial charge in [0.15, 0.2) is 0 Å². The van der Waals surface area contributed by atoms with Crippen LogP contribution in [0.1, 0.15) is 25.7 Å². The number of hydrogen-bond acceptors (Lipinski definition) is 3. The highest BCUT2D eigenvalue weighted by atomic mass is 16.5.